The van der Waals surface area contributed by atoms with Gasteiger partial charge in [-0.25, -0.2) is 14.4 Å². The van der Waals surface area contributed by atoms with Crippen LogP contribution >= 0.6 is 0 Å². The molecular weight excluding hydrogens is 229 g/mol. The monoisotopic (exact) mass is 237 g/mol. The highest BCUT2D eigenvalue weighted by atomic mass is 19.1. The van der Waals surface area contributed by atoms with Crippen LogP contribution in [0.3, 0.4) is 0 Å². The Morgan fingerprint density at radius 1 is 0.944 bits per heavy atom. The van der Waals surface area contributed by atoms with E-state index in [-0.39, 0.29) is 5.82 Å². The maximum absolute atomic E-state index is 13.7. The molecule has 4 aromatic rings. The first kappa shape index (κ1) is 9.53. The summed E-state index contributed by atoms with van der Waals surface area (Å²) in [6.45, 7) is 0. The zero-order chi connectivity index (χ0) is 12.1. The summed E-state index contributed by atoms with van der Waals surface area (Å²) in [7, 11) is 0. The van der Waals surface area contributed by atoms with Crippen LogP contribution in [-0.4, -0.2) is 14.4 Å². The normalized spacial score (nSPS) is 11.6. The molecule has 0 N–H and O–H groups in total. The summed E-state index contributed by atoms with van der Waals surface area (Å²) in [6, 6.07) is 12.8. The van der Waals surface area contributed by atoms with Crippen molar-refractivity contribution in [3.05, 3.63) is 54.5 Å². The topological polar surface area (TPSA) is 30.2 Å². The van der Waals surface area contributed by atoms with E-state index >= 15 is 0 Å². The van der Waals surface area contributed by atoms with Gasteiger partial charge in [-0.2, -0.15) is 0 Å². The predicted molar refractivity (Wildman–Crippen MR) is 68.0 cm³/mol. The van der Waals surface area contributed by atoms with Crippen LogP contribution in [0.5, 0.6) is 0 Å². The van der Waals surface area contributed by atoms with E-state index in [1.165, 1.54) is 12.3 Å². The molecule has 0 saturated carbocycles. The second kappa shape index (κ2) is 3.26. The summed E-state index contributed by atoms with van der Waals surface area (Å²) in [5, 5.41) is 0.508. The number of imidazole rings is 1. The largest absolute Gasteiger partial charge is 0.276 e. The first-order valence-electron chi connectivity index (χ1n) is 5.65. The summed E-state index contributed by atoms with van der Waals surface area (Å²) in [5.74, 6) is 0.328. The fraction of sp³-hybridized carbons (Fsp3) is 0. The summed E-state index contributed by atoms with van der Waals surface area (Å²) in [4.78, 5) is 8.64. The average Bonchev–Trinajstić information content (AvgIpc) is 2.77. The number of para-hydroxylation sites is 2. The molecule has 0 aliphatic heterocycles. The molecular formula is C14H8FN3. The zero-order valence-electron chi connectivity index (χ0n) is 9.34. The molecule has 0 amide bonds. The van der Waals surface area contributed by atoms with Crippen molar-refractivity contribution in [1.82, 2.24) is 14.4 Å². The summed E-state index contributed by atoms with van der Waals surface area (Å²) in [5.41, 5.74) is 2.59. The highest BCUT2D eigenvalue weighted by Gasteiger charge is 2.09. The summed E-state index contributed by atoms with van der Waals surface area (Å²) >= 11 is 0. The van der Waals surface area contributed by atoms with Crippen molar-refractivity contribution in [3.63, 3.8) is 0 Å². The second-order valence-corrected chi connectivity index (χ2v) is 4.17. The van der Waals surface area contributed by atoms with E-state index in [0.29, 0.717) is 11.2 Å². The lowest BCUT2D eigenvalue weighted by molar-refractivity contribution is 0.639. The molecule has 0 aliphatic carbocycles. The Balaban J connectivity index is 2.37. The van der Waals surface area contributed by atoms with Crippen LogP contribution in [0.1, 0.15) is 0 Å². The van der Waals surface area contributed by atoms with E-state index in [9.17, 15) is 4.39 Å². The third-order valence-corrected chi connectivity index (χ3v) is 3.12. The van der Waals surface area contributed by atoms with Crippen molar-refractivity contribution in [2.24, 2.45) is 0 Å². The molecule has 3 nitrogen and oxygen atoms in total. The number of aromatic nitrogens is 3. The van der Waals surface area contributed by atoms with Gasteiger partial charge in [0.2, 0.25) is 5.78 Å². The van der Waals surface area contributed by atoms with Gasteiger partial charge in [-0.3, -0.25) is 4.40 Å². The molecule has 86 valence electrons. The molecule has 0 saturated heterocycles. The van der Waals surface area contributed by atoms with E-state index < -0.39 is 0 Å². The molecule has 18 heavy (non-hydrogen) atoms. The van der Waals surface area contributed by atoms with Crippen LogP contribution in [0.15, 0.2) is 48.7 Å². The third kappa shape index (κ3) is 1.12. The van der Waals surface area contributed by atoms with Crippen LogP contribution in [-0.2, 0) is 0 Å². The number of hydrogen-bond acceptors (Lipinski definition) is 2. The lowest BCUT2D eigenvalue weighted by Crippen LogP contribution is -1.92. The number of nitrogens with zero attached hydrogens (tertiary/aromatic N) is 3. The molecule has 2 aromatic carbocycles. The number of rotatable bonds is 0. The van der Waals surface area contributed by atoms with Crippen molar-refractivity contribution in [2.45, 2.75) is 0 Å². The molecule has 4 heteroatoms. The minimum Gasteiger partial charge on any atom is -0.276 e. The molecule has 0 spiro atoms. The van der Waals surface area contributed by atoms with Gasteiger partial charge in [0.25, 0.3) is 0 Å². The molecule has 2 heterocycles. The van der Waals surface area contributed by atoms with Gasteiger partial charge in [0.05, 0.1) is 21.9 Å². The number of fused-ring (bicyclic) bond motifs is 5. The number of benzene rings is 2. The minimum atomic E-state index is -0.264. The Morgan fingerprint density at radius 3 is 2.72 bits per heavy atom. The van der Waals surface area contributed by atoms with Crippen molar-refractivity contribution >= 4 is 27.7 Å². The van der Waals surface area contributed by atoms with Gasteiger partial charge in [0, 0.05) is 6.20 Å². The van der Waals surface area contributed by atoms with Crippen molar-refractivity contribution in [1.29, 1.82) is 0 Å². The number of halogens is 1. The quantitative estimate of drug-likeness (QED) is 0.470. The molecule has 0 atom stereocenters. The van der Waals surface area contributed by atoms with Crippen LogP contribution in [0.4, 0.5) is 4.39 Å². The van der Waals surface area contributed by atoms with E-state index in [0.717, 1.165) is 16.6 Å². The molecule has 0 bridgehead atoms. The zero-order valence-corrected chi connectivity index (χ0v) is 9.34. The van der Waals surface area contributed by atoms with Crippen LogP contribution < -0.4 is 0 Å². The summed E-state index contributed by atoms with van der Waals surface area (Å²) in [6.07, 6.45) is 1.53. The van der Waals surface area contributed by atoms with Gasteiger partial charge in [0.15, 0.2) is 0 Å². The SMILES string of the molecule is Fc1cccc2c1cnc1nc3ccccc3n12. The lowest BCUT2D eigenvalue weighted by Gasteiger charge is -2.02. The van der Waals surface area contributed by atoms with Gasteiger partial charge in [0.1, 0.15) is 5.82 Å². The van der Waals surface area contributed by atoms with E-state index in [2.05, 4.69) is 9.97 Å². The maximum atomic E-state index is 13.7. The standard InChI is InChI=1S/C14H8FN3/c15-10-4-3-7-12-9(10)8-16-14-17-11-5-1-2-6-13(11)18(12)14/h1-8H. The Kier molecular flexibility index (Phi) is 1.73. The lowest BCUT2D eigenvalue weighted by atomic mass is 10.2. The van der Waals surface area contributed by atoms with Crippen LogP contribution in [0.2, 0.25) is 0 Å². The molecule has 2 aromatic heterocycles. The van der Waals surface area contributed by atoms with Crippen molar-refractivity contribution < 1.29 is 4.39 Å². The molecule has 4 rings (SSSR count). The fourth-order valence-electron chi connectivity index (χ4n) is 2.31. The smallest absolute Gasteiger partial charge is 0.235 e. The predicted octanol–water partition coefficient (Wildman–Crippen LogP) is 3.17. The highest BCUT2D eigenvalue weighted by molar-refractivity contribution is 5.89. The first-order chi connectivity index (χ1) is 8.84. The average molecular weight is 237 g/mol. The summed E-state index contributed by atoms with van der Waals surface area (Å²) < 4.78 is 15.6. The van der Waals surface area contributed by atoms with Gasteiger partial charge in [-0.15, -0.1) is 0 Å². The molecule has 0 fully saturated rings. The second-order valence-electron chi connectivity index (χ2n) is 4.17. The number of hydrogen-bond donors (Lipinski definition) is 0. The Morgan fingerprint density at radius 2 is 1.78 bits per heavy atom. The Labute approximate surface area is 102 Å². The van der Waals surface area contributed by atoms with Crippen molar-refractivity contribution in [3.8, 4) is 0 Å². The molecule has 0 unspecified atom stereocenters. The van der Waals surface area contributed by atoms with Crippen LogP contribution in [0.25, 0.3) is 27.7 Å². The van der Waals surface area contributed by atoms with Gasteiger partial charge >= 0.3 is 0 Å². The highest BCUT2D eigenvalue weighted by Crippen LogP contribution is 2.22. The molecule has 0 radical (unpaired) electrons. The van der Waals surface area contributed by atoms with Gasteiger partial charge in [-0.05, 0) is 24.3 Å². The van der Waals surface area contributed by atoms with E-state index in [1.54, 1.807) is 6.07 Å². The van der Waals surface area contributed by atoms with Crippen molar-refractivity contribution in [2.75, 3.05) is 0 Å². The van der Waals surface area contributed by atoms with E-state index in [1.807, 2.05) is 34.7 Å². The maximum Gasteiger partial charge on any atom is 0.235 e. The minimum absolute atomic E-state index is 0.264. The third-order valence-electron chi connectivity index (χ3n) is 3.12. The first-order valence-corrected chi connectivity index (χ1v) is 5.65. The van der Waals surface area contributed by atoms with E-state index in [4.69, 9.17) is 0 Å². The fourth-order valence-corrected chi connectivity index (χ4v) is 2.31. The van der Waals surface area contributed by atoms with Gasteiger partial charge in [-0.1, -0.05) is 18.2 Å². The van der Waals surface area contributed by atoms with Gasteiger partial charge < -0.3 is 0 Å². The van der Waals surface area contributed by atoms with Crippen LogP contribution in [0, 0.1) is 5.82 Å². The molecule has 0 aliphatic rings. The Hall–Kier alpha value is -2.49. The Bertz CT molecular complexity index is 895.